The van der Waals surface area contributed by atoms with Crippen LogP contribution in [0.1, 0.15) is 20.8 Å². The zero-order valence-corrected chi connectivity index (χ0v) is 11.1. The van der Waals surface area contributed by atoms with Crippen LogP contribution in [0.3, 0.4) is 0 Å². The Morgan fingerprint density at radius 2 is 2.18 bits per heavy atom. The minimum atomic E-state index is -0.325. The number of hydrogen-bond donors (Lipinski definition) is 2. The summed E-state index contributed by atoms with van der Waals surface area (Å²) >= 11 is 5.94. The molecule has 4 nitrogen and oxygen atoms in total. The van der Waals surface area contributed by atoms with Crippen LogP contribution in [0.4, 0.5) is 5.69 Å². The van der Waals surface area contributed by atoms with Crippen molar-refractivity contribution in [2.45, 2.75) is 26.8 Å². The molecule has 0 saturated heterocycles. The van der Waals surface area contributed by atoms with Crippen LogP contribution < -0.4 is 10.6 Å². The average Bonchev–Trinajstić information content (AvgIpc) is 2.28. The fourth-order valence-electron chi connectivity index (χ4n) is 1.25. The van der Waals surface area contributed by atoms with Crippen LogP contribution in [0.25, 0.3) is 0 Å². The Kier molecular flexibility index (Phi) is 5.22. The maximum atomic E-state index is 11.7. The van der Waals surface area contributed by atoms with Crippen LogP contribution in [0, 0.1) is 5.92 Å². The highest BCUT2D eigenvalue weighted by molar-refractivity contribution is 6.33. The van der Waals surface area contributed by atoms with E-state index in [4.69, 9.17) is 11.6 Å². The predicted molar refractivity (Wildman–Crippen MR) is 70.2 cm³/mol. The number of carbonyl (C=O) groups excluding carboxylic acids is 1. The molecule has 1 aromatic rings. The SMILES string of the molecule is CC(C)CNC(=O)C(C)Nc1ccncc1Cl. The molecular weight excluding hydrogens is 238 g/mol. The Morgan fingerprint density at radius 1 is 1.47 bits per heavy atom. The van der Waals surface area contributed by atoms with Crippen molar-refractivity contribution in [3.63, 3.8) is 0 Å². The average molecular weight is 256 g/mol. The number of hydrogen-bond acceptors (Lipinski definition) is 3. The summed E-state index contributed by atoms with van der Waals surface area (Å²) in [4.78, 5) is 15.6. The van der Waals surface area contributed by atoms with Gasteiger partial charge in [0.1, 0.15) is 6.04 Å². The molecule has 0 radical (unpaired) electrons. The van der Waals surface area contributed by atoms with Crippen molar-refractivity contribution < 1.29 is 4.79 Å². The Bertz CT molecular complexity index is 382. The number of rotatable bonds is 5. The Balaban J connectivity index is 2.51. The molecule has 0 fully saturated rings. The molecule has 0 bridgehead atoms. The summed E-state index contributed by atoms with van der Waals surface area (Å²) in [6.45, 7) is 6.58. The molecule has 1 unspecified atom stereocenters. The highest BCUT2D eigenvalue weighted by atomic mass is 35.5. The van der Waals surface area contributed by atoms with Gasteiger partial charge in [0, 0.05) is 18.9 Å². The van der Waals surface area contributed by atoms with Gasteiger partial charge in [-0.1, -0.05) is 25.4 Å². The van der Waals surface area contributed by atoms with Crippen molar-refractivity contribution in [1.82, 2.24) is 10.3 Å². The van der Waals surface area contributed by atoms with E-state index in [0.717, 1.165) is 0 Å². The fraction of sp³-hybridized carbons (Fsp3) is 0.500. The van der Waals surface area contributed by atoms with Gasteiger partial charge in [0.2, 0.25) is 5.91 Å². The second kappa shape index (κ2) is 6.45. The van der Waals surface area contributed by atoms with Crippen LogP contribution >= 0.6 is 11.6 Å². The minimum absolute atomic E-state index is 0.0356. The Morgan fingerprint density at radius 3 is 2.76 bits per heavy atom. The molecular formula is C12H18ClN3O. The quantitative estimate of drug-likeness (QED) is 0.849. The van der Waals surface area contributed by atoms with Crippen molar-refractivity contribution in [3.8, 4) is 0 Å². The molecule has 2 N–H and O–H groups in total. The molecule has 0 aliphatic heterocycles. The summed E-state index contributed by atoms with van der Waals surface area (Å²) in [6.07, 6.45) is 3.18. The van der Waals surface area contributed by atoms with Crippen LogP contribution in [0.2, 0.25) is 5.02 Å². The molecule has 94 valence electrons. The first-order valence-electron chi connectivity index (χ1n) is 5.64. The number of halogens is 1. The van der Waals surface area contributed by atoms with Gasteiger partial charge in [0.15, 0.2) is 0 Å². The van der Waals surface area contributed by atoms with E-state index in [-0.39, 0.29) is 11.9 Å². The van der Waals surface area contributed by atoms with E-state index in [9.17, 15) is 4.79 Å². The van der Waals surface area contributed by atoms with Crippen molar-refractivity contribution in [1.29, 1.82) is 0 Å². The zero-order chi connectivity index (χ0) is 12.8. The van der Waals surface area contributed by atoms with Crippen molar-refractivity contribution >= 4 is 23.2 Å². The summed E-state index contributed by atoms with van der Waals surface area (Å²) in [5.41, 5.74) is 0.717. The molecule has 5 heteroatoms. The van der Waals surface area contributed by atoms with Gasteiger partial charge in [0.05, 0.1) is 10.7 Å². The third-order valence-corrected chi connectivity index (χ3v) is 2.52. The van der Waals surface area contributed by atoms with Crippen molar-refractivity contribution in [2.75, 3.05) is 11.9 Å². The summed E-state index contributed by atoms with van der Waals surface area (Å²) in [7, 11) is 0. The highest BCUT2D eigenvalue weighted by Crippen LogP contribution is 2.19. The lowest BCUT2D eigenvalue weighted by molar-refractivity contribution is -0.121. The van der Waals surface area contributed by atoms with Gasteiger partial charge >= 0.3 is 0 Å². The summed E-state index contributed by atoms with van der Waals surface area (Å²) < 4.78 is 0. The first-order valence-corrected chi connectivity index (χ1v) is 6.02. The number of pyridine rings is 1. The third kappa shape index (κ3) is 4.61. The Hall–Kier alpha value is -1.29. The number of aromatic nitrogens is 1. The second-order valence-electron chi connectivity index (χ2n) is 4.36. The van der Waals surface area contributed by atoms with Gasteiger partial charge in [0.25, 0.3) is 0 Å². The molecule has 0 saturated carbocycles. The van der Waals surface area contributed by atoms with Crippen molar-refractivity contribution in [2.24, 2.45) is 5.92 Å². The summed E-state index contributed by atoms with van der Waals surface area (Å²) in [5, 5.41) is 6.42. The van der Waals surface area contributed by atoms with E-state index < -0.39 is 0 Å². The first-order chi connectivity index (χ1) is 8.00. The molecule has 1 amide bonds. The van der Waals surface area contributed by atoms with E-state index in [1.54, 1.807) is 25.4 Å². The van der Waals surface area contributed by atoms with Gasteiger partial charge in [-0.2, -0.15) is 0 Å². The molecule has 0 spiro atoms. The number of amides is 1. The number of anilines is 1. The maximum Gasteiger partial charge on any atom is 0.242 e. The maximum absolute atomic E-state index is 11.7. The fourth-order valence-corrected chi connectivity index (χ4v) is 1.42. The van der Waals surface area contributed by atoms with Gasteiger partial charge < -0.3 is 10.6 Å². The van der Waals surface area contributed by atoms with E-state index in [0.29, 0.717) is 23.2 Å². The summed E-state index contributed by atoms with van der Waals surface area (Å²) in [6, 6.07) is 1.42. The number of carbonyl (C=O) groups is 1. The van der Waals surface area contributed by atoms with Gasteiger partial charge in [-0.15, -0.1) is 0 Å². The van der Waals surface area contributed by atoms with Crippen LogP contribution in [-0.2, 0) is 4.79 Å². The molecule has 0 aromatic carbocycles. The monoisotopic (exact) mass is 255 g/mol. The van der Waals surface area contributed by atoms with E-state index >= 15 is 0 Å². The van der Waals surface area contributed by atoms with Crippen LogP contribution in [0.5, 0.6) is 0 Å². The first kappa shape index (κ1) is 13.8. The van der Waals surface area contributed by atoms with E-state index in [2.05, 4.69) is 29.5 Å². The second-order valence-corrected chi connectivity index (χ2v) is 4.77. The molecule has 17 heavy (non-hydrogen) atoms. The minimum Gasteiger partial charge on any atom is -0.373 e. The lowest BCUT2D eigenvalue weighted by atomic mass is 10.2. The van der Waals surface area contributed by atoms with E-state index in [1.807, 2.05) is 0 Å². The Labute approximate surface area is 107 Å². The predicted octanol–water partition coefficient (Wildman–Crippen LogP) is 2.31. The third-order valence-electron chi connectivity index (χ3n) is 2.22. The number of nitrogens with zero attached hydrogens (tertiary/aromatic N) is 1. The van der Waals surface area contributed by atoms with Gasteiger partial charge in [-0.25, -0.2) is 0 Å². The van der Waals surface area contributed by atoms with Crippen LogP contribution in [-0.4, -0.2) is 23.5 Å². The topological polar surface area (TPSA) is 54.0 Å². The molecule has 1 heterocycles. The highest BCUT2D eigenvalue weighted by Gasteiger charge is 2.13. The normalized spacial score (nSPS) is 12.3. The lowest BCUT2D eigenvalue weighted by Gasteiger charge is -2.16. The van der Waals surface area contributed by atoms with Gasteiger partial charge in [-0.05, 0) is 18.9 Å². The number of nitrogens with one attached hydrogen (secondary N) is 2. The molecule has 0 aliphatic rings. The summed E-state index contributed by atoms with van der Waals surface area (Å²) in [5.74, 6) is 0.405. The molecule has 0 aliphatic carbocycles. The zero-order valence-electron chi connectivity index (χ0n) is 10.3. The molecule has 1 rings (SSSR count). The lowest BCUT2D eigenvalue weighted by Crippen LogP contribution is -2.39. The molecule has 1 atom stereocenters. The standard InChI is InChI=1S/C12H18ClN3O/c1-8(2)6-15-12(17)9(3)16-11-4-5-14-7-10(11)13/h4-5,7-9H,6H2,1-3H3,(H,14,16)(H,15,17). The molecule has 1 aromatic heterocycles. The van der Waals surface area contributed by atoms with Gasteiger partial charge in [-0.3, -0.25) is 9.78 Å². The smallest absolute Gasteiger partial charge is 0.242 e. The largest absolute Gasteiger partial charge is 0.373 e. The van der Waals surface area contributed by atoms with E-state index in [1.165, 1.54) is 0 Å². The van der Waals surface area contributed by atoms with Crippen LogP contribution in [0.15, 0.2) is 18.5 Å². The van der Waals surface area contributed by atoms with Crippen molar-refractivity contribution in [3.05, 3.63) is 23.5 Å².